The molecule has 1 aliphatic rings. The molecule has 3 nitrogen and oxygen atoms in total. The molecule has 0 aromatic heterocycles. The van der Waals surface area contributed by atoms with E-state index < -0.39 is 17.8 Å². The van der Waals surface area contributed by atoms with E-state index in [0.29, 0.717) is 24.2 Å². The van der Waals surface area contributed by atoms with Crippen LogP contribution in [0, 0.1) is 11.7 Å². The normalized spacial score (nSPS) is 20.6. The van der Waals surface area contributed by atoms with Crippen LogP contribution < -0.4 is 16.0 Å². The van der Waals surface area contributed by atoms with Crippen molar-refractivity contribution < 1.29 is 17.9 Å². The summed E-state index contributed by atoms with van der Waals surface area (Å²) in [5.41, 5.74) is 2.96. The number of halogens is 3. The summed E-state index contributed by atoms with van der Waals surface area (Å²) in [5, 5.41) is 0. The lowest BCUT2D eigenvalue weighted by Crippen LogP contribution is -2.37. The Morgan fingerprint density at radius 3 is 2.50 bits per heavy atom. The van der Waals surface area contributed by atoms with E-state index in [0.717, 1.165) is 0 Å². The van der Waals surface area contributed by atoms with Crippen molar-refractivity contribution in [2.75, 3.05) is 7.11 Å². The number of hydrogen-bond donors (Lipinski definition) is 2. The van der Waals surface area contributed by atoms with E-state index in [1.54, 1.807) is 12.1 Å². The average Bonchev–Trinajstić information content (AvgIpc) is 2.42. The third-order valence-electron chi connectivity index (χ3n) is 3.96. The standard InChI is InChI=1S/C14H19F3N2O/c1-20-10-2-3-11(12(15)8-10)13(19-18)9-4-6-14(16,17)7-5-9/h2-3,8-9,13,19H,4-7,18H2,1H3. The predicted octanol–water partition coefficient (Wildman–Crippen LogP) is 3.16. The summed E-state index contributed by atoms with van der Waals surface area (Å²) in [6, 6.07) is 4.04. The van der Waals surface area contributed by atoms with E-state index in [-0.39, 0.29) is 18.8 Å². The average molecular weight is 288 g/mol. The molecule has 3 N–H and O–H groups in total. The Hall–Kier alpha value is -1.27. The van der Waals surface area contributed by atoms with Gasteiger partial charge in [-0.3, -0.25) is 11.3 Å². The van der Waals surface area contributed by atoms with E-state index in [1.165, 1.54) is 13.2 Å². The minimum atomic E-state index is -2.60. The van der Waals surface area contributed by atoms with Crippen molar-refractivity contribution in [1.29, 1.82) is 0 Å². The molecule has 1 aliphatic carbocycles. The molecular weight excluding hydrogens is 269 g/mol. The first kappa shape index (κ1) is 15.1. The highest BCUT2D eigenvalue weighted by atomic mass is 19.3. The number of nitrogens with one attached hydrogen (secondary N) is 1. The summed E-state index contributed by atoms with van der Waals surface area (Å²) < 4.78 is 45.4. The summed E-state index contributed by atoms with van der Waals surface area (Å²) in [6.07, 6.45) is 0.307. The van der Waals surface area contributed by atoms with Crippen LogP contribution in [-0.4, -0.2) is 13.0 Å². The zero-order valence-corrected chi connectivity index (χ0v) is 11.3. The molecule has 1 aromatic carbocycles. The molecule has 2 rings (SSSR count). The topological polar surface area (TPSA) is 47.3 Å². The lowest BCUT2D eigenvalue weighted by atomic mass is 9.80. The van der Waals surface area contributed by atoms with Crippen molar-refractivity contribution in [3.63, 3.8) is 0 Å². The summed E-state index contributed by atoms with van der Waals surface area (Å²) in [7, 11) is 1.45. The molecule has 1 saturated carbocycles. The zero-order valence-electron chi connectivity index (χ0n) is 11.3. The summed E-state index contributed by atoms with van der Waals surface area (Å²) >= 11 is 0. The van der Waals surface area contributed by atoms with Crippen LogP contribution in [0.25, 0.3) is 0 Å². The number of hydrogen-bond acceptors (Lipinski definition) is 3. The second-order valence-electron chi connectivity index (χ2n) is 5.23. The third kappa shape index (κ3) is 3.24. The van der Waals surface area contributed by atoms with Crippen LogP contribution in [0.15, 0.2) is 18.2 Å². The second-order valence-corrected chi connectivity index (χ2v) is 5.23. The molecule has 112 valence electrons. The molecule has 0 heterocycles. The summed E-state index contributed by atoms with van der Waals surface area (Å²) in [4.78, 5) is 0. The van der Waals surface area contributed by atoms with Crippen LogP contribution in [0.5, 0.6) is 5.75 Å². The molecule has 0 radical (unpaired) electrons. The van der Waals surface area contributed by atoms with Gasteiger partial charge in [0.05, 0.1) is 13.2 Å². The molecule has 1 atom stereocenters. The molecule has 0 saturated heterocycles. The first-order valence-electron chi connectivity index (χ1n) is 6.64. The first-order valence-corrected chi connectivity index (χ1v) is 6.64. The largest absolute Gasteiger partial charge is 0.497 e. The van der Waals surface area contributed by atoms with E-state index in [1.807, 2.05) is 0 Å². The molecule has 0 bridgehead atoms. The van der Waals surface area contributed by atoms with E-state index in [2.05, 4.69) is 5.43 Å². The van der Waals surface area contributed by atoms with Gasteiger partial charge >= 0.3 is 0 Å². The monoisotopic (exact) mass is 288 g/mol. The van der Waals surface area contributed by atoms with Gasteiger partial charge in [0.15, 0.2) is 0 Å². The van der Waals surface area contributed by atoms with Gasteiger partial charge in [-0.05, 0) is 24.8 Å². The SMILES string of the molecule is COc1ccc(C(NN)C2CCC(F)(F)CC2)c(F)c1. The minimum Gasteiger partial charge on any atom is -0.497 e. The fourth-order valence-corrected chi connectivity index (χ4v) is 2.76. The molecule has 1 fully saturated rings. The maximum absolute atomic E-state index is 14.1. The van der Waals surface area contributed by atoms with Crippen molar-refractivity contribution in [3.8, 4) is 5.75 Å². The van der Waals surface area contributed by atoms with Crippen LogP contribution in [0.3, 0.4) is 0 Å². The van der Waals surface area contributed by atoms with E-state index in [4.69, 9.17) is 10.6 Å². The molecule has 20 heavy (non-hydrogen) atoms. The smallest absolute Gasteiger partial charge is 0.248 e. The van der Waals surface area contributed by atoms with Crippen molar-refractivity contribution in [2.45, 2.75) is 37.6 Å². The van der Waals surface area contributed by atoms with Gasteiger partial charge in [-0.2, -0.15) is 0 Å². The highest BCUT2D eigenvalue weighted by Gasteiger charge is 2.38. The Balaban J connectivity index is 2.16. The van der Waals surface area contributed by atoms with E-state index in [9.17, 15) is 13.2 Å². The van der Waals surface area contributed by atoms with Gasteiger partial charge in [0.1, 0.15) is 11.6 Å². The van der Waals surface area contributed by atoms with Crippen molar-refractivity contribution in [2.24, 2.45) is 11.8 Å². The molecule has 1 aromatic rings. The number of nitrogens with two attached hydrogens (primary N) is 1. The molecule has 0 amide bonds. The van der Waals surface area contributed by atoms with Crippen molar-refractivity contribution >= 4 is 0 Å². The van der Waals surface area contributed by atoms with Gasteiger partial charge in [0, 0.05) is 24.5 Å². The van der Waals surface area contributed by atoms with E-state index >= 15 is 0 Å². The van der Waals surface area contributed by atoms with Gasteiger partial charge in [-0.15, -0.1) is 0 Å². The Morgan fingerprint density at radius 1 is 1.35 bits per heavy atom. The van der Waals surface area contributed by atoms with Crippen LogP contribution >= 0.6 is 0 Å². The van der Waals surface area contributed by atoms with Crippen LogP contribution in [-0.2, 0) is 0 Å². The number of rotatable bonds is 4. The highest BCUT2D eigenvalue weighted by Crippen LogP contribution is 2.41. The van der Waals surface area contributed by atoms with Gasteiger partial charge in [0.2, 0.25) is 5.92 Å². The maximum Gasteiger partial charge on any atom is 0.248 e. The molecule has 6 heteroatoms. The number of benzene rings is 1. The molecule has 1 unspecified atom stereocenters. The number of hydrazine groups is 1. The van der Waals surface area contributed by atoms with Crippen LogP contribution in [0.1, 0.15) is 37.3 Å². The fraction of sp³-hybridized carbons (Fsp3) is 0.571. The number of ether oxygens (including phenoxy) is 1. The second kappa shape index (κ2) is 6.01. The minimum absolute atomic E-state index is 0.0949. The first-order chi connectivity index (χ1) is 9.46. The molecular formula is C14H19F3N2O. The Kier molecular flexibility index (Phi) is 4.55. The third-order valence-corrected chi connectivity index (χ3v) is 3.96. The quantitative estimate of drug-likeness (QED) is 0.661. The fourth-order valence-electron chi connectivity index (χ4n) is 2.76. The highest BCUT2D eigenvalue weighted by molar-refractivity contribution is 5.31. The summed E-state index contributed by atoms with van der Waals surface area (Å²) in [5.74, 6) is 2.78. The summed E-state index contributed by atoms with van der Waals surface area (Å²) in [6.45, 7) is 0. The van der Waals surface area contributed by atoms with Crippen LogP contribution in [0.4, 0.5) is 13.2 Å². The molecule has 0 aliphatic heterocycles. The Labute approximate surface area is 116 Å². The lowest BCUT2D eigenvalue weighted by molar-refractivity contribution is -0.0498. The maximum atomic E-state index is 14.1. The van der Waals surface area contributed by atoms with Gasteiger partial charge in [-0.1, -0.05) is 6.07 Å². The number of alkyl halides is 2. The Bertz CT molecular complexity index is 458. The zero-order chi connectivity index (χ0) is 14.8. The van der Waals surface area contributed by atoms with Crippen molar-refractivity contribution in [1.82, 2.24) is 5.43 Å². The van der Waals surface area contributed by atoms with Gasteiger partial charge in [0.25, 0.3) is 0 Å². The molecule has 0 spiro atoms. The Morgan fingerprint density at radius 2 is 2.00 bits per heavy atom. The van der Waals surface area contributed by atoms with Crippen LogP contribution in [0.2, 0.25) is 0 Å². The lowest BCUT2D eigenvalue weighted by Gasteiger charge is -2.33. The van der Waals surface area contributed by atoms with Gasteiger partial charge < -0.3 is 4.74 Å². The number of methoxy groups -OCH3 is 1. The van der Waals surface area contributed by atoms with Crippen molar-refractivity contribution in [3.05, 3.63) is 29.6 Å². The predicted molar refractivity (Wildman–Crippen MR) is 69.9 cm³/mol. The van der Waals surface area contributed by atoms with Gasteiger partial charge in [-0.25, -0.2) is 13.2 Å².